The first-order valence-electron chi connectivity index (χ1n) is 6.27. The fourth-order valence-corrected chi connectivity index (χ4v) is 1.98. The van der Waals surface area contributed by atoms with E-state index in [1.807, 2.05) is 45.0 Å². The second-order valence-corrected chi connectivity index (χ2v) is 6.82. The average molecular weight is 356 g/mol. The van der Waals surface area contributed by atoms with Crippen molar-refractivity contribution in [2.24, 2.45) is 0 Å². The van der Waals surface area contributed by atoms with Gasteiger partial charge in [0.25, 0.3) is 0 Å². The van der Waals surface area contributed by atoms with Gasteiger partial charge >= 0.3 is 0 Å². The van der Waals surface area contributed by atoms with Crippen LogP contribution >= 0.6 is 27.5 Å². The van der Waals surface area contributed by atoms with Crippen molar-refractivity contribution in [2.75, 3.05) is 0 Å². The normalized spacial score (nSPS) is 11.4. The van der Waals surface area contributed by atoms with E-state index < -0.39 is 0 Å². The zero-order valence-electron chi connectivity index (χ0n) is 11.7. The van der Waals surface area contributed by atoms with Gasteiger partial charge in [0.1, 0.15) is 17.6 Å². The standard InChI is InChI=1S/C15H16BrClN2O/c1-15(2,3)14-18-12(17)8-13(19-14)20-9-10-4-6-11(16)7-5-10/h4-8H,9H2,1-3H3. The van der Waals surface area contributed by atoms with Crippen LogP contribution in [0.15, 0.2) is 34.8 Å². The van der Waals surface area contributed by atoms with Crippen molar-refractivity contribution < 1.29 is 4.74 Å². The van der Waals surface area contributed by atoms with Crippen LogP contribution < -0.4 is 4.74 Å². The van der Waals surface area contributed by atoms with Gasteiger partial charge in [-0.3, -0.25) is 0 Å². The molecule has 0 atom stereocenters. The molecule has 1 aromatic carbocycles. The van der Waals surface area contributed by atoms with Gasteiger partial charge in [-0.25, -0.2) is 4.98 Å². The van der Waals surface area contributed by atoms with Gasteiger partial charge in [-0.1, -0.05) is 60.4 Å². The molecular formula is C15H16BrClN2O. The number of hydrogen-bond acceptors (Lipinski definition) is 3. The Morgan fingerprint density at radius 3 is 2.40 bits per heavy atom. The molecular weight excluding hydrogens is 340 g/mol. The lowest BCUT2D eigenvalue weighted by atomic mass is 9.96. The summed E-state index contributed by atoms with van der Waals surface area (Å²) < 4.78 is 6.74. The second-order valence-electron chi connectivity index (χ2n) is 5.52. The number of benzene rings is 1. The molecule has 0 fully saturated rings. The molecule has 2 aromatic rings. The van der Waals surface area contributed by atoms with E-state index in [9.17, 15) is 0 Å². The molecule has 1 heterocycles. The number of halogens is 2. The molecule has 0 amide bonds. The SMILES string of the molecule is CC(C)(C)c1nc(Cl)cc(OCc2ccc(Br)cc2)n1. The molecule has 5 heteroatoms. The van der Waals surface area contributed by atoms with Gasteiger partial charge in [-0.15, -0.1) is 0 Å². The zero-order valence-corrected chi connectivity index (χ0v) is 14.0. The summed E-state index contributed by atoms with van der Waals surface area (Å²) in [5, 5.41) is 0.399. The second kappa shape index (κ2) is 6.10. The third-order valence-corrected chi connectivity index (χ3v) is 3.36. The molecule has 20 heavy (non-hydrogen) atoms. The molecule has 0 unspecified atom stereocenters. The van der Waals surface area contributed by atoms with Crippen molar-refractivity contribution >= 4 is 27.5 Å². The van der Waals surface area contributed by atoms with Crippen LogP contribution in [0.4, 0.5) is 0 Å². The first-order chi connectivity index (χ1) is 9.34. The summed E-state index contributed by atoms with van der Waals surface area (Å²) in [6, 6.07) is 9.59. The maximum Gasteiger partial charge on any atom is 0.218 e. The predicted molar refractivity (Wildman–Crippen MR) is 84.2 cm³/mol. The van der Waals surface area contributed by atoms with Crippen LogP contribution in [-0.4, -0.2) is 9.97 Å². The number of nitrogens with zero attached hydrogens (tertiary/aromatic N) is 2. The summed E-state index contributed by atoms with van der Waals surface area (Å²) in [4.78, 5) is 8.65. The lowest BCUT2D eigenvalue weighted by molar-refractivity contribution is 0.290. The minimum Gasteiger partial charge on any atom is -0.473 e. The van der Waals surface area contributed by atoms with Crippen LogP contribution in [0.3, 0.4) is 0 Å². The van der Waals surface area contributed by atoms with Crippen LogP contribution in [0.2, 0.25) is 5.15 Å². The minimum absolute atomic E-state index is 0.166. The molecule has 0 N–H and O–H groups in total. The minimum atomic E-state index is -0.166. The molecule has 0 bridgehead atoms. The molecule has 2 rings (SSSR count). The monoisotopic (exact) mass is 354 g/mol. The highest BCUT2D eigenvalue weighted by Gasteiger charge is 2.19. The lowest BCUT2D eigenvalue weighted by Gasteiger charge is -2.17. The van der Waals surface area contributed by atoms with Crippen molar-refractivity contribution in [2.45, 2.75) is 32.8 Å². The van der Waals surface area contributed by atoms with Crippen LogP contribution in [0.5, 0.6) is 5.88 Å². The van der Waals surface area contributed by atoms with Crippen molar-refractivity contribution in [3.8, 4) is 5.88 Å². The van der Waals surface area contributed by atoms with Gasteiger partial charge in [-0.2, -0.15) is 4.98 Å². The quantitative estimate of drug-likeness (QED) is 0.744. The highest BCUT2D eigenvalue weighted by molar-refractivity contribution is 9.10. The van der Waals surface area contributed by atoms with Crippen LogP contribution in [0, 0.1) is 0 Å². The van der Waals surface area contributed by atoms with Crippen molar-refractivity contribution in [3.05, 3.63) is 51.3 Å². The van der Waals surface area contributed by atoms with Crippen molar-refractivity contribution in [1.29, 1.82) is 0 Å². The maximum atomic E-state index is 6.02. The van der Waals surface area contributed by atoms with Gasteiger partial charge in [0.05, 0.1) is 0 Å². The molecule has 1 aromatic heterocycles. The topological polar surface area (TPSA) is 35.0 Å². The highest BCUT2D eigenvalue weighted by atomic mass is 79.9. The van der Waals surface area contributed by atoms with E-state index in [2.05, 4.69) is 25.9 Å². The molecule has 0 saturated carbocycles. The first-order valence-corrected chi connectivity index (χ1v) is 7.44. The molecule has 0 radical (unpaired) electrons. The van der Waals surface area contributed by atoms with E-state index in [-0.39, 0.29) is 5.41 Å². The van der Waals surface area contributed by atoms with Gasteiger partial charge in [0.2, 0.25) is 5.88 Å². The zero-order chi connectivity index (χ0) is 14.8. The Labute approximate surface area is 132 Å². The van der Waals surface area contributed by atoms with Gasteiger partial charge in [0, 0.05) is 16.0 Å². The molecule has 106 valence electrons. The predicted octanol–water partition coefficient (Wildman–Crippen LogP) is 4.77. The molecule has 0 aliphatic rings. The van der Waals surface area contributed by atoms with E-state index in [1.54, 1.807) is 6.07 Å². The molecule has 0 aliphatic heterocycles. The Balaban J connectivity index is 2.13. The van der Waals surface area contributed by atoms with E-state index in [0.717, 1.165) is 10.0 Å². The Morgan fingerprint density at radius 2 is 1.80 bits per heavy atom. The summed E-state index contributed by atoms with van der Waals surface area (Å²) in [6.45, 7) is 6.57. The number of rotatable bonds is 3. The largest absolute Gasteiger partial charge is 0.473 e. The fourth-order valence-electron chi connectivity index (χ4n) is 1.54. The van der Waals surface area contributed by atoms with Gasteiger partial charge in [-0.05, 0) is 17.7 Å². The Morgan fingerprint density at radius 1 is 1.15 bits per heavy atom. The molecule has 0 saturated heterocycles. The number of hydrogen-bond donors (Lipinski definition) is 0. The summed E-state index contributed by atoms with van der Waals surface area (Å²) in [6.07, 6.45) is 0. The highest BCUT2D eigenvalue weighted by Crippen LogP contribution is 2.23. The van der Waals surface area contributed by atoms with Gasteiger partial charge < -0.3 is 4.74 Å². The molecule has 0 spiro atoms. The summed E-state index contributed by atoms with van der Waals surface area (Å²) in [5.74, 6) is 1.17. The molecule has 3 nitrogen and oxygen atoms in total. The first kappa shape index (κ1) is 15.3. The van der Waals surface area contributed by atoms with E-state index in [0.29, 0.717) is 23.5 Å². The van der Waals surface area contributed by atoms with Gasteiger partial charge in [0.15, 0.2) is 0 Å². The van der Waals surface area contributed by atoms with Crippen molar-refractivity contribution in [3.63, 3.8) is 0 Å². The summed E-state index contributed by atoms with van der Waals surface area (Å²) in [7, 11) is 0. The lowest BCUT2D eigenvalue weighted by Crippen LogP contribution is -2.16. The Bertz CT molecular complexity index is 594. The van der Waals surface area contributed by atoms with E-state index in [1.165, 1.54) is 0 Å². The van der Waals surface area contributed by atoms with E-state index >= 15 is 0 Å². The van der Waals surface area contributed by atoms with Crippen LogP contribution in [0.25, 0.3) is 0 Å². The third-order valence-electron chi connectivity index (χ3n) is 2.64. The smallest absolute Gasteiger partial charge is 0.218 e. The fraction of sp³-hybridized carbons (Fsp3) is 0.333. The van der Waals surface area contributed by atoms with Crippen LogP contribution in [0.1, 0.15) is 32.2 Å². The van der Waals surface area contributed by atoms with Crippen molar-refractivity contribution in [1.82, 2.24) is 9.97 Å². The van der Waals surface area contributed by atoms with Crippen LogP contribution in [-0.2, 0) is 12.0 Å². The molecule has 0 aliphatic carbocycles. The number of aromatic nitrogens is 2. The Hall–Kier alpha value is -1.13. The van der Waals surface area contributed by atoms with E-state index in [4.69, 9.17) is 16.3 Å². The maximum absolute atomic E-state index is 6.02. The third kappa shape index (κ3) is 4.18. The summed E-state index contributed by atoms with van der Waals surface area (Å²) in [5.41, 5.74) is 0.904. The Kier molecular flexibility index (Phi) is 4.66. The summed E-state index contributed by atoms with van der Waals surface area (Å²) >= 11 is 9.42. The average Bonchev–Trinajstić information content (AvgIpc) is 2.36. The number of ether oxygens (including phenoxy) is 1.